The second kappa shape index (κ2) is 6.31. The van der Waals surface area contributed by atoms with Gasteiger partial charge >= 0.3 is 12.0 Å². The summed E-state index contributed by atoms with van der Waals surface area (Å²) in [6.07, 6.45) is 0. The zero-order valence-corrected chi connectivity index (χ0v) is 11.8. The fourth-order valence-corrected chi connectivity index (χ4v) is 2.02. The van der Waals surface area contributed by atoms with Crippen molar-refractivity contribution in [1.82, 2.24) is 9.36 Å². The SMILES string of the molecule is COC(=O)c1nsc(NC(=O)Nc2cccc(Cl)c2)n1. The molecule has 1 aromatic carbocycles. The van der Waals surface area contributed by atoms with Crippen molar-refractivity contribution in [3.63, 3.8) is 0 Å². The van der Waals surface area contributed by atoms with Crippen LogP contribution in [0.1, 0.15) is 10.6 Å². The van der Waals surface area contributed by atoms with Crippen LogP contribution in [0, 0.1) is 0 Å². The molecule has 2 amide bonds. The number of urea groups is 1. The first-order chi connectivity index (χ1) is 9.58. The fourth-order valence-electron chi connectivity index (χ4n) is 1.27. The number of carbonyl (C=O) groups excluding carboxylic acids is 2. The molecular weight excluding hydrogens is 304 g/mol. The number of anilines is 2. The van der Waals surface area contributed by atoms with E-state index in [4.69, 9.17) is 11.6 Å². The van der Waals surface area contributed by atoms with E-state index in [0.29, 0.717) is 10.7 Å². The molecule has 0 saturated heterocycles. The van der Waals surface area contributed by atoms with Gasteiger partial charge in [0.1, 0.15) is 0 Å². The summed E-state index contributed by atoms with van der Waals surface area (Å²) in [5.41, 5.74) is 0.535. The lowest BCUT2D eigenvalue weighted by Gasteiger charge is -2.04. The topological polar surface area (TPSA) is 93.2 Å². The number of benzene rings is 1. The van der Waals surface area contributed by atoms with Crippen molar-refractivity contribution in [3.05, 3.63) is 35.1 Å². The monoisotopic (exact) mass is 312 g/mol. The van der Waals surface area contributed by atoms with Crippen molar-refractivity contribution in [2.75, 3.05) is 17.7 Å². The molecule has 0 bridgehead atoms. The molecule has 0 aliphatic carbocycles. The van der Waals surface area contributed by atoms with Crippen LogP contribution in [0.25, 0.3) is 0 Å². The molecule has 104 valence electrons. The van der Waals surface area contributed by atoms with Crippen LogP contribution in [0.15, 0.2) is 24.3 Å². The van der Waals surface area contributed by atoms with E-state index in [1.54, 1.807) is 24.3 Å². The highest BCUT2D eigenvalue weighted by molar-refractivity contribution is 7.10. The van der Waals surface area contributed by atoms with Crippen LogP contribution in [-0.2, 0) is 4.74 Å². The van der Waals surface area contributed by atoms with Crippen molar-refractivity contribution in [1.29, 1.82) is 0 Å². The molecule has 0 aliphatic heterocycles. The van der Waals surface area contributed by atoms with Gasteiger partial charge in [-0.2, -0.15) is 9.36 Å². The fraction of sp³-hybridized carbons (Fsp3) is 0.0909. The third kappa shape index (κ3) is 3.65. The van der Waals surface area contributed by atoms with Gasteiger partial charge in [0.15, 0.2) is 0 Å². The van der Waals surface area contributed by atoms with Gasteiger partial charge in [-0.3, -0.25) is 5.32 Å². The van der Waals surface area contributed by atoms with Gasteiger partial charge in [0.25, 0.3) is 5.82 Å². The predicted octanol–water partition coefficient (Wildman–Crippen LogP) is 2.62. The molecule has 0 unspecified atom stereocenters. The summed E-state index contributed by atoms with van der Waals surface area (Å²) in [6.45, 7) is 0. The molecule has 1 aromatic heterocycles. The summed E-state index contributed by atoms with van der Waals surface area (Å²) in [4.78, 5) is 26.7. The lowest BCUT2D eigenvalue weighted by molar-refractivity contribution is 0.0588. The number of hydrogen-bond acceptors (Lipinski definition) is 6. The molecule has 2 rings (SSSR count). The highest BCUT2D eigenvalue weighted by Crippen LogP contribution is 2.16. The summed E-state index contributed by atoms with van der Waals surface area (Å²) in [7, 11) is 1.22. The summed E-state index contributed by atoms with van der Waals surface area (Å²) in [5.74, 6) is -0.764. The number of aromatic nitrogens is 2. The van der Waals surface area contributed by atoms with Crippen LogP contribution in [-0.4, -0.2) is 28.5 Å². The predicted molar refractivity (Wildman–Crippen MR) is 75.3 cm³/mol. The first-order valence-electron chi connectivity index (χ1n) is 5.34. The van der Waals surface area contributed by atoms with Crippen LogP contribution in [0.2, 0.25) is 5.02 Å². The molecule has 20 heavy (non-hydrogen) atoms. The molecule has 9 heteroatoms. The van der Waals surface area contributed by atoms with E-state index >= 15 is 0 Å². The average Bonchev–Trinajstić information content (AvgIpc) is 2.86. The minimum absolute atomic E-state index is 0.101. The molecule has 2 N–H and O–H groups in total. The van der Waals surface area contributed by atoms with Crippen molar-refractivity contribution >= 4 is 46.0 Å². The van der Waals surface area contributed by atoms with E-state index in [0.717, 1.165) is 11.5 Å². The lowest BCUT2D eigenvalue weighted by atomic mass is 10.3. The Morgan fingerprint density at radius 3 is 2.85 bits per heavy atom. The van der Waals surface area contributed by atoms with Gasteiger partial charge in [-0.25, -0.2) is 9.59 Å². The van der Waals surface area contributed by atoms with Gasteiger partial charge in [-0.1, -0.05) is 17.7 Å². The Kier molecular flexibility index (Phi) is 4.49. The van der Waals surface area contributed by atoms with Gasteiger partial charge in [0.05, 0.1) is 7.11 Å². The van der Waals surface area contributed by atoms with Crippen molar-refractivity contribution in [2.24, 2.45) is 0 Å². The maximum Gasteiger partial charge on any atom is 0.377 e. The quantitative estimate of drug-likeness (QED) is 0.850. The number of esters is 1. The second-order valence-electron chi connectivity index (χ2n) is 3.50. The third-order valence-corrected chi connectivity index (χ3v) is 2.96. The minimum Gasteiger partial charge on any atom is -0.463 e. The molecule has 0 aliphatic rings. The number of nitrogens with one attached hydrogen (secondary N) is 2. The van der Waals surface area contributed by atoms with Crippen LogP contribution in [0.3, 0.4) is 0 Å². The van der Waals surface area contributed by atoms with Crippen molar-refractivity contribution in [3.8, 4) is 0 Å². The first kappa shape index (κ1) is 14.2. The molecule has 0 radical (unpaired) electrons. The van der Waals surface area contributed by atoms with E-state index in [1.165, 1.54) is 7.11 Å². The number of nitrogens with zero attached hydrogens (tertiary/aromatic N) is 2. The maximum atomic E-state index is 11.7. The molecule has 0 saturated carbocycles. The Balaban J connectivity index is 1.98. The largest absolute Gasteiger partial charge is 0.463 e. The van der Waals surface area contributed by atoms with Crippen molar-refractivity contribution < 1.29 is 14.3 Å². The Bertz CT molecular complexity index is 646. The van der Waals surface area contributed by atoms with Gasteiger partial charge < -0.3 is 10.1 Å². The average molecular weight is 313 g/mol. The van der Waals surface area contributed by atoms with Gasteiger partial charge in [-0.15, -0.1) is 0 Å². The Hall–Kier alpha value is -2.19. The number of hydrogen-bond donors (Lipinski definition) is 2. The normalized spacial score (nSPS) is 9.90. The van der Waals surface area contributed by atoms with E-state index in [9.17, 15) is 9.59 Å². The smallest absolute Gasteiger partial charge is 0.377 e. The van der Waals surface area contributed by atoms with Crippen LogP contribution in [0.5, 0.6) is 0 Å². The van der Waals surface area contributed by atoms with Gasteiger partial charge in [0, 0.05) is 22.2 Å². The zero-order valence-electron chi connectivity index (χ0n) is 10.2. The molecule has 2 aromatic rings. The van der Waals surface area contributed by atoms with E-state index < -0.39 is 12.0 Å². The standard InChI is InChI=1S/C11H9ClN4O3S/c1-19-9(17)8-14-11(20-16-8)15-10(18)13-7-4-2-3-6(12)5-7/h2-5H,1H3,(H2,13,14,15,16,18). The highest BCUT2D eigenvalue weighted by Gasteiger charge is 2.14. The number of amides is 2. The van der Waals surface area contributed by atoms with Gasteiger partial charge in [0.2, 0.25) is 5.13 Å². The summed E-state index contributed by atoms with van der Waals surface area (Å²) < 4.78 is 8.22. The van der Waals surface area contributed by atoms with E-state index in [1.807, 2.05) is 0 Å². The maximum absolute atomic E-state index is 11.7. The molecule has 1 heterocycles. The number of ether oxygens (including phenoxy) is 1. The highest BCUT2D eigenvalue weighted by atomic mass is 35.5. The van der Waals surface area contributed by atoms with Crippen LogP contribution < -0.4 is 10.6 Å². The van der Waals surface area contributed by atoms with E-state index in [2.05, 4.69) is 24.7 Å². The third-order valence-electron chi connectivity index (χ3n) is 2.10. The van der Waals surface area contributed by atoms with Crippen LogP contribution in [0.4, 0.5) is 15.6 Å². The van der Waals surface area contributed by atoms with Crippen LogP contribution >= 0.6 is 23.1 Å². The van der Waals surface area contributed by atoms with E-state index in [-0.39, 0.29) is 11.0 Å². The number of methoxy groups -OCH3 is 1. The molecule has 0 spiro atoms. The molecule has 0 fully saturated rings. The minimum atomic E-state index is -0.662. The lowest BCUT2D eigenvalue weighted by Crippen LogP contribution is -2.19. The zero-order chi connectivity index (χ0) is 14.5. The molecule has 7 nitrogen and oxygen atoms in total. The Labute approximate surface area is 123 Å². The van der Waals surface area contributed by atoms with Gasteiger partial charge in [-0.05, 0) is 18.2 Å². The number of halogens is 1. The summed E-state index contributed by atoms with van der Waals surface area (Å²) in [5, 5.41) is 5.72. The summed E-state index contributed by atoms with van der Waals surface area (Å²) in [6, 6.07) is 6.17. The Morgan fingerprint density at radius 2 is 2.15 bits per heavy atom. The number of carbonyl (C=O) groups is 2. The number of rotatable bonds is 3. The summed E-state index contributed by atoms with van der Waals surface area (Å²) >= 11 is 6.67. The van der Waals surface area contributed by atoms with Crippen molar-refractivity contribution in [2.45, 2.75) is 0 Å². The molecule has 0 atom stereocenters. The molecular formula is C11H9ClN4O3S. The second-order valence-corrected chi connectivity index (χ2v) is 4.69. The first-order valence-corrected chi connectivity index (χ1v) is 6.49. The Morgan fingerprint density at radius 1 is 1.35 bits per heavy atom.